The zero-order chi connectivity index (χ0) is 13.6. The van der Waals surface area contributed by atoms with Gasteiger partial charge in [0.15, 0.2) is 5.65 Å². The molecule has 0 amide bonds. The maximum Gasteiger partial charge on any atom is 0.223 e. The zero-order valence-electron chi connectivity index (χ0n) is 10.1. The van der Waals surface area contributed by atoms with Crippen LogP contribution >= 0.6 is 22.6 Å². The van der Waals surface area contributed by atoms with Gasteiger partial charge in [-0.25, -0.2) is 9.97 Å². The maximum atomic E-state index is 9.43. The van der Waals surface area contributed by atoms with Crippen molar-refractivity contribution < 1.29 is 10.2 Å². The van der Waals surface area contributed by atoms with Crippen LogP contribution in [0.15, 0.2) is 6.33 Å². The Morgan fingerprint density at radius 3 is 2.84 bits per heavy atom. The number of nitrogens with zero attached hydrogens (tertiary/aromatic N) is 4. The first-order valence-electron chi connectivity index (χ1n) is 6.03. The van der Waals surface area contributed by atoms with E-state index >= 15 is 0 Å². The average Bonchev–Trinajstić information content (AvgIpc) is 2.73. The standard InChI is InChI=1S/C11H14IN5O2/c12-9-8-10(16-11(13)15-9)17(4-14-8)7-1-5(2-18)6(7)3-19/h4-7,18-19H,1-3H2,(H2,13,15,16)/t5-,6-,7-/m1/s1. The molecule has 3 atom stereocenters. The van der Waals surface area contributed by atoms with Gasteiger partial charge in [-0.15, -0.1) is 0 Å². The smallest absolute Gasteiger partial charge is 0.223 e. The summed E-state index contributed by atoms with van der Waals surface area (Å²) in [6, 6.07) is 0.109. The molecule has 2 heterocycles. The highest BCUT2D eigenvalue weighted by molar-refractivity contribution is 14.1. The number of rotatable bonds is 3. The van der Waals surface area contributed by atoms with E-state index in [1.54, 1.807) is 6.33 Å². The van der Waals surface area contributed by atoms with Gasteiger partial charge >= 0.3 is 0 Å². The molecular formula is C11H14IN5O2. The number of nitrogen functional groups attached to an aromatic ring is 1. The van der Waals surface area contributed by atoms with Gasteiger partial charge in [0.25, 0.3) is 0 Å². The van der Waals surface area contributed by atoms with Crippen LogP contribution in [-0.4, -0.2) is 42.9 Å². The molecule has 0 unspecified atom stereocenters. The van der Waals surface area contributed by atoms with Crippen LogP contribution < -0.4 is 5.73 Å². The topological polar surface area (TPSA) is 110 Å². The number of aromatic nitrogens is 4. The van der Waals surface area contributed by atoms with E-state index < -0.39 is 0 Å². The highest BCUT2D eigenvalue weighted by atomic mass is 127. The SMILES string of the molecule is Nc1nc(I)c2ncn([C@@H]3C[C@H](CO)[C@H]3CO)c2n1. The number of hydrogen-bond acceptors (Lipinski definition) is 6. The van der Waals surface area contributed by atoms with Gasteiger partial charge in [-0.1, -0.05) is 0 Å². The van der Waals surface area contributed by atoms with Crippen molar-refractivity contribution in [2.45, 2.75) is 12.5 Å². The number of aliphatic hydroxyl groups excluding tert-OH is 2. The number of hydrogen-bond donors (Lipinski definition) is 3. The lowest BCUT2D eigenvalue weighted by Gasteiger charge is -2.43. The Kier molecular flexibility index (Phi) is 3.31. The number of aliphatic hydroxyl groups is 2. The zero-order valence-corrected chi connectivity index (χ0v) is 12.2. The first-order valence-corrected chi connectivity index (χ1v) is 7.10. The fourth-order valence-corrected chi connectivity index (χ4v) is 3.35. The number of halogens is 1. The molecule has 1 aliphatic rings. The lowest BCUT2D eigenvalue weighted by atomic mass is 9.70. The molecule has 3 rings (SSSR count). The molecule has 2 aromatic heterocycles. The van der Waals surface area contributed by atoms with Crippen LogP contribution in [0.5, 0.6) is 0 Å². The van der Waals surface area contributed by atoms with Gasteiger partial charge in [0.2, 0.25) is 5.95 Å². The van der Waals surface area contributed by atoms with Crippen molar-refractivity contribution in [3.63, 3.8) is 0 Å². The van der Waals surface area contributed by atoms with Crippen molar-refractivity contribution >= 4 is 39.7 Å². The number of fused-ring (bicyclic) bond motifs is 1. The van der Waals surface area contributed by atoms with Crippen molar-refractivity contribution in [1.82, 2.24) is 19.5 Å². The van der Waals surface area contributed by atoms with Crippen molar-refractivity contribution in [2.75, 3.05) is 18.9 Å². The molecule has 0 bridgehead atoms. The van der Waals surface area contributed by atoms with Gasteiger partial charge in [-0.05, 0) is 34.9 Å². The van der Waals surface area contributed by atoms with Crippen molar-refractivity contribution in [3.05, 3.63) is 10.0 Å². The van der Waals surface area contributed by atoms with Crippen molar-refractivity contribution in [3.8, 4) is 0 Å². The van der Waals surface area contributed by atoms with E-state index in [2.05, 4.69) is 37.5 Å². The third-order valence-corrected chi connectivity index (χ3v) is 4.59. The van der Waals surface area contributed by atoms with Crippen LogP contribution in [0.25, 0.3) is 11.2 Å². The van der Waals surface area contributed by atoms with Crippen LogP contribution in [0.3, 0.4) is 0 Å². The van der Waals surface area contributed by atoms with Crippen LogP contribution in [0, 0.1) is 15.5 Å². The molecule has 4 N–H and O–H groups in total. The Hall–Kier alpha value is -1.00. The van der Waals surface area contributed by atoms with Crippen LogP contribution in [0.1, 0.15) is 12.5 Å². The highest BCUT2D eigenvalue weighted by Gasteiger charge is 2.41. The van der Waals surface area contributed by atoms with Gasteiger partial charge in [-0.2, -0.15) is 4.98 Å². The normalized spacial score (nSPS) is 26.6. The van der Waals surface area contributed by atoms with Crippen molar-refractivity contribution in [1.29, 1.82) is 0 Å². The van der Waals surface area contributed by atoms with Gasteiger partial charge < -0.3 is 20.5 Å². The quantitative estimate of drug-likeness (QED) is 0.521. The van der Waals surface area contributed by atoms with E-state index in [9.17, 15) is 10.2 Å². The molecule has 102 valence electrons. The summed E-state index contributed by atoms with van der Waals surface area (Å²) < 4.78 is 2.65. The molecule has 0 aliphatic heterocycles. The minimum Gasteiger partial charge on any atom is -0.396 e. The summed E-state index contributed by atoms with van der Waals surface area (Å²) in [6.45, 7) is 0.149. The summed E-state index contributed by atoms with van der Waals surface area (Å²) in [5, 5.41) is 18.7. The number of imidazole rings is 1. The second kappa shape index (κ2) is 4.84. The van der Waals surface area contributed by atoms with E-state index in [1.807, 2.05) is 4.57 Å². The Morgan fingerprint density at radius 1 is 1.37 bits per heavy atom. The number of nitrogens with two attached hydrogens (primary N) is 1. The second-order valence-corrected chi connectivity index (χ2v) is 5.81. The Balaban J connectivity index is 2.02. The van der Waals surface area contributed by atoms with Gasteiger partial charge in [0, 0.05) is 25.2 Å². The van der Waals surface area contributed by atoms with Gasteiger partial charge in [0.05, 0.1) is 6.33 Å². The van der Waals surface area contributed by atoms with E-state index in [1.165, 1.54) is 0 Å². The predicted molar refractivity (Wildman–Crippen MR) is 77.3 cm³/mol. The fourth-order valence-electron chi connectivity index (χ4n) is 2.72. The van der Waals surface area contributed by atoms with Crippen LogP contribution in [0.4, 0.5) is 5.95 Å². The van der Waals surface area contributed by atoms with E-state index in [0.717, 1.165) is 15.6 Å². The number of anilines is 1. The Morgan fingerprint density at radius 2 is 2.16 bits per heavy atom. The summed E-state index contributed by atoms with van der Waals surface area (Å²) in [6.07, 6.45) is 2.52. The molecule has 0 aromatic carbocycles. The molecule has 1 saturated carbocycles. The van der Waals surface area contributed by atoms with Crippen molar-refractivity contribution in [2.24, 2.45) is 11.8 Å². The second-order valence-electron chi connectivity index (χ2n) is 4.79. The predicted octanol–water partition coefficient (Wildman–Crippen LogP) is 0.175. The lowest BCUT2D eigenvalue weighted by Crippen LogP contribution is -2.42. The molecule has 7 nitrogen and oxygen atoms in total. The summed E-state index contributed by atoms with van der Waals surface area (Å²) in [5.74, 6) is 0.402. The van der Waals surface area contributed by atoms with Crippen LogP contribution in [0.2, 0.25) is 0 Å². The maximum absolute atomic E-state index is 9.43. The molecular weight excluding hydrogens is 361 g/mol. The monoisotopic (exact) mass is 375 g/mol. The van der Waals surface area contributed by atoms with E-state index in [4.69, 9.17) is 5.73 Å². The Bertz CT molecular complexity index is 616. The van der Waals surface area contributed by atoms with Gasteiger partial charge in [-0.3, -0.25) is 0 Å². The molecule has 2 aromatic rings. The largest absolute Gasteiger partial charge is 0.396 e. The first kappa shape index (κ1) is 13.0. The average molecular weight is 375 g/mol. The third-order valence-electron chi connectivity index (χ3n) is 3.84. The Labute approximate surface area is 123 Å². The first-order chi connectivity index (χ1) is 9.15. The minimum atomic E-state index is 0.0382. The van der Waals surface area contributed by atoms with Gasteiger partial charge in [0.1, 0.15) is 9.22 Å². The lowest BCUT2D eigenvalue weighted by molar-refractivity contribution is -0.00528. The molecule has 0 radical (unpaired) electrons. The molecule has 8 heteroatoms. The fraction of sp³-hybridized carbons (Fsp3) is 0.545. The third kappa shape index (κ3) is 1.98. The molecule has 1 aliphatic carbocycles. The highest BCUT2D eigenvalue weighted by Crippen LogP contribution is 2.44. The summed E-state index contributed by atoms with van der Waals surface area (Å²) in [5.41, 5.74) is 7.09. The van der Waals surface area contributed by atoms with E-state index in [-0.39, 0.29) is 37.0 Å². The molecule has 1 fully saturated rings. The summed E-state index contributed by atoms with van der Waals surface area (Å²) >= 11 is 2.08. The van der Waals surface area contributed by atoms with E-state index in [0.29, 0.717) is 5.65 Å². The van der Waals surface area contributed by atoms with Crippen LogP contribution in [-0.2, 0) is 0 Å². The molecule has 0 spiro atoms. The minimum absolute atomic E-state index is 0.0382. The summed E-state index contributed by atoms with van der Waals surface area (Å²) in [4.78, 5) is 12.6. The molecule has 0 saturated heterocycles. The summed E-state index contributed by atoms with van der Waals surface area (Å²) in [7, 11) is 0. The molecule has 19 heavy (non-hydrogen) atoms.